The van der Waals surface area contributed by atoms with Gasteiger partial charge in [0.25, 0.3) is 11.8 Å². The SMILES string of the molecule is CC(Nc1ccc(CN2CCCCC2)cc1)=C1C(=O)Nc2ccccc21.CCN(CC)C(=O)c1ccc2c(c1)CC(=O)N2. The fourth-order valence-corrected chi connectivity index (χ4v) is 5.89. The van der Waals surface area contributed by atoms with Crippen LogP contribution in [0.2, 0.25) is 0 Å². The standard InChI is InChI=1S/C22H25N3O.C13H16N2O2/c1-16(21-19-7-3-4-8-20(19)24-22(21)26)23-18-11-9-17(10-12-18)15-25-13-5-2-6-14-25;1-3-15(4-2)13(17)9-5-6-11-10(7-9)8-12(16)14-11/h3-4,7-12,23H,2,5-6,13-15H2,1H3,(H,24,26);5-7H,3-4,8H2,1-2H3,(H,14,16). The fourth-order valence-electron chi connectivity index (χ4n) is 5.89. The number of amides is 3. The number of rotatable bonds is 7. The molecule has 0 atom stereocenters. The van der Waals surface area contributed by atoms with Crippen molar-refractivity contribution in [2.75, 3.05) is 42.1 Å². The second-order valence-electron chi connectivity index (χ2n) is 11.2. The van der Waals surface area contributed by atoms with Crippen LogP contribution in [0, 0.1) is 0 Å². The highest BCUT2D eigenvalue weighted by atomic mass is 16.2. The van der Waals surface area contributed by atoms with Crippen LogP contribution in [0.1, 0.15) is 67.1 Å². The molecule has 6 rings (SSSR count). The van der Waals surface area contributed by atoms with Crippen LogP contribution < -0.4 is 16.0 Å². The molecule has 224 valence electrons. The molecule has 1 fully saturated rings. The summed E-state index contributed by atoms with van der Waals surface area (Å²) in [6, 6.07) is 21.8. The first-order chi connectivity index (χ1) is 20.9. The lowest BCUT2D eigenvalue weighted by molar-refractivity contribution is -0.115. The van der Waals surface area contributed by atoms with Crippen LogP contribution >= 0.6 is 0 Å². The number of para-hydroxylation sites is 1. The van der Waals surface area contributed by atoms with Gasteiger partial charge in [-0.3, -0.25) is 19.3 Å². The molecule has 3 aromatic rings. The summed E-state index contributed by atoms with van der Waals surface area (Å²) in [5.41, 5.74) is 8.17. The maximum Gasteiger partial charge on any atom is 0.258 e. The minimum absolute atomic E-state index is 0.00700. The zero-order chi connectivity index (χ0) is 30.3. The lowest BCUT2D eigenvalue weighted by Gasteiger charge is -2.26. The molecule has 0 aromatic heterocycles. The molecule has 0 spiro atoms. The summed E-state index contributed by atoms with van der Waals surface area (Å²) >= 11 is 0. The molecule has 8 heteroatoms. The van der Waals surface area contributed by atoms with Gasteiger partial charge in [0.15, 0.2) is 0 Å². The number of likely N-dealkylation sites (tertiary alicyclic amines) is 1. The number of allylic oxidation sites excluding steroid dienone is 1. The van der Waals surface area contributed by atoms with Crippen molar-refractivity contribution < 1.29 is 14.4 Å². The zero-order valence-corrected chi connectivity index (χ0v) is 25.3. The van der Waals surface area contributed by atoms with Crippen molar-refractivity contribution in [1.29, 1.82) is 0 Å². The Kier molecular flexibility index (Phi) is 9.57. The van der Waals surface area contributed by atoms with Crippen molar-refractivity contribution in [3.63, 3.8) is 0 Å². The number of piperidine rings is 1. The van der Waals surface area contributed by atoms with Gasteiger partial charge in [-0.15, -0.1) is 0 Å². The number of anilines is 3. The van der Waals surface area contributed by atoms with E-state index in [2.05, 4.69) is 45.1 Å². The van der Waals surface area contributed by atoms with Crippen molar-refractivity contribution >= 4 is 40.4 Å². The second kappa shape index (κ2) is 13.7. The van der Waals surface area contributed by atoms with Crippen LogP contribution in [0.5, 0.6) is 0 Å². The topological polar surface area (TPSA) is 93.8 Å². The normalized spacial score (nSPS) is 16.7. The number of nitrogens with one attached hydrogen (secondary N) is 3. The van der Waals surface area contributed by atoms with Gasteiger partial charge in [0.2, 0.25) is 5.91 Å². The maximum atomic E-state index is 12.3. The van der Waals surface area contributed by atoms with Crippen molar-refractivity contribution in [3.8, 4) is 0 Å². The smallest absolute Gasteiger partial charge is 0.258 e. The lowest BCUT2D eigenvalue weighted by Crippen LogP contribution is -2.30. The second-order valence-corrected chi connectivity index (χ2v) is 11.2. The first-order valence-corrected chi connectivity index (χ1v) is 15.3. The average molecular weight is 580 g/mol. The minimum Gasteiger partial charge on any atom is -0.358 e. The van der Waals surface area contributed by atoms with E-state index < -0.39 is 0 Å². The van der Waals surface area contributed by atoms with Crippen LogP contribution in [-0.4, -0.2) is 53.7 Å². The molecule has 0 aliphatic carbocycles. The van der Waals surface area contributed by atoms with Gasteiger partial charge in [-0.25, -0.2) is 0 Å². The third-order valence-corrected chi connectivity index (χ3v) is 8.22. The molecule has 1 saturated heterocycles. The maximum absolute atomic E-state index is 12.3. The van der Waals surface area contributed by atoms with Crippen molar-refractivity contribution in [1.82, 2.24) is 9.80 Å². The summed E-state index contributed by atoms with van der Waals surface area (Å²) in [5.74, 6) is -0.0255. The van der Waals surface area contributed by atoms with Crippen molar-refractivity contribution in [3.05, 3.63) is 94.7 Å². The fraction of sp³-hybridized carbons (Fsp3) is 0.343. The van der Waals surface area contributed by atoms with E-state index in [1.54, 1.807) is 17.0 Å². The Balaban J connectivity index is 0.000000188. The van der Waals surface area contributed by atoms with E-state index in [1.165, 1.54) is 37.9 Å². The quantitative estimate of drug-likeness (QED) is 0.293. The third-order valence-electron chi connectivity index (χ3n) is 8.22. The monoisotopic (exact) mass is 579 g/mol. The highest BCUT2D eigenvalue weighted by Crippen LogP contribution is 2.33. The first kappa shape index (κ1) is 30.0. The summed E-state index contributed by atoms with van der Waals surface area (Å²) < 4.78 is 0. The molecule has 3 aromatic carbocycles. The molecule has 3 amide bonds. The predicted molar refractivity (Wildman–Crippen MR) is 173 cm³/mol. The molecule has 43 heavy (non-hydrogen) atoms. The first-order valence-electron chi connectivity index (χ1n) is 15.3. The van der Waals surface area contributed by atoms with Gasteiger partial charge in [-0.2, -0.15) is 0 Å². The Hall–Kier alpha value is -4.43. The molecule has 3 aliphatic heterocycles. The largest absolute Gasteiger partial charge is 0.358 e. The van der Waals surface area contributed by atoms with Gasteiger partial charge in [0.05, 0.1) is 12.0 Å². The highest BCUT2D eigenvalue weighted by molar-refractivity contribution is 6.32. The number of hydrogen-bond acceptors (Lipinski definition) is 5. The summed E-state index contributed by atoms with van der Waals surface area (Å²) in [4.78, 5) is 40.0. The van der Waals surface area contributed by atoms with Gasteiger partial charge >= 0.3 is 0 Å². The summed E-state index contributed by atoms with van der Waals surface area (Å²) in [6.07, 6.45) is 4.37. The molecular weight excluding hydrogens is 538 g/mol. The number of nitrogens with zero attached hydrogens (tertiary/aromatic N) is 2. The van der Waals surface area contributed by atoms with E-state index in [1.807, 2.05) is 51.1 Å². The van der Waals surface area contributed by atoms with Gasteiger partial charge in [0, 0.05) is 53.5 Å². The Bertz CT molecular complexity index is 1520. The van der Waals surface area contributed by atoms with Crippen LogP contribution in [0.15, 0.2) is 72.4 Å². The Morgan fingerprint density at radius 3 is 2.33 bits per heavy atom. The highest BCUT2D eigenvalue weighted by Gasteiger charge is 2.26. The molecule has 0 unspecified atom stereocenters. The summed E-state index contributed by atoms with van der Waals surface area (Å²) in [7, 11) is 0. The van der Waals surface area contributed by atoms with Gasteiger partial charge in [-0.05, 0) is 94.2 Å². The molecular formula is C35H41N5O3. The number of hydrogen-bond donors (Lipinski definition) is 3. The van der Waals surface area contributed by atoms with E-state index in [-0.39, 0.29) is 17.7 Å². The Morgan fingerprint density at radius 1 is 0.884 bits per heavy atom. The van der Waals surface area contributed by atoms with E-state index in [4.69, 9.17) is 0 Å². The number of fused-ring (bicyclic) bond motifs is 2. The Morgan fingerprint density at radius 2 is 1.60 bits per heavy atom. The van der Waals surface area contributed by atoms with Crippen LogP contribution in [0.3, 0.4) is 0 Å². The molecule has 3 heterocycles. The van der Waals surface area contributed by atoms with Crippen molar-refractivity contribution in [2.24, 2.45) is 0 Å². The predicted octanol–water partition coefficient (Wildman–Crippen LogP) is 6.13. The van der Waals surface area contributed by atoms with Crippen LogP contribution in [-0.2, 0) is 22.6 Å². The molecule has 0 saturated carbocycles. The molecule has 3 N–H and O–H groups in total. The lowest BCUT2D eigenvalue weighted by atomic mass is 10.1. The van der Waals surface area contributed by atoms with E-state index in [9.17, 15) is 14.4 Å². The van der Waals surface area contributed by atoms with E-state index in [0.717, 1.165) is 46.0 Å². The summed E-state index contributed by atoms with van der Waals surface area (Å²) in [5, 5.41) is 9.07. The van der Waals surface area contributed by atoms with Gasteiger partial charge in [-0.1, -0.05) is 36.8 Å². The molecule has 3 aliphatic rings. The molecule has 0 bridgehead atoms. The van der Waals surface area contributed by atoms with E-state index in [0.29, 0.717) is 25.1 Å². The van der Waals surface area contributed by atoms with Crippen LogP contribution in [0.4, 0.5) is 17.1 Å². The van der Waals surface area contributed by atoms with Crippen LogP contribution in [0.25, 0.3) is 5.57 Å². The number of carbonyl (C=O) groups excluding carboxylic acids is 3. The zero-order valence-electron chi connectivity index (χ0n) is 25.3. The molecule has 0 radical (unpaired) electrons. The average Bonchev–Trinajstić information content (AvgIpc) is 3.56. The van der Waals surface area contributed by atoms with Gasteiger partial charge in [0.1, 0.15) is 0 Å². The summed E-state index contributed by atoms with van der Waals surface area (Å²) in [6.45, 7) is 10.7. The minimum atomic E-state index is -0.0436. The number of benzene rings is 3. The van der Waals surface area contributed by atoms with E-state index >= 15 is 0 Å². The third kappa shape index (κ3) is 7.14. The van der Waals surface area contributed by atoms with Gasteiger partial charge < -0.3 is 20.9 Å². The molecule has 8 nitrogen and oxygen atoms in total. The number of carbonyl (C=O) groups is 3. The van der Waals surface area contributed by atoms with Crippen molar-refractivity contribution in [2.45, 2.75) is 53.0 Å². The Labute approximate surface area is 254 Å².